The van der Waals surface area contributed by atoms with E-state index in [0.717, 1.165) is 24.0 Å². The number of hydrogen-bond acceptors (Lipinski definition) is 3. The molecule has 2 heterocycles. The van der Waals surface area contributed by atoms with E-state index in [1.165, 1.54) is 5.56 Å². The fourth-order valence-corrected chi connectivity index (χ4v) is 4.31. The number of aryl methyl sites for hydroxylation is 1. The third-order valence-corrected chi connectivity index (χ3v) is 6.12. The summed E-state index contributed by atoms with van der Waals surface area (Å²) >= 11 is 0. The predicted octanol–water partition coefficient (Wildman–Crippen LogP) is 3.68. The average molecular weight is 417 g/mol. The number of carbonyl (C=O) groups is 1. The maximum Gasteiger partial charge on any atom is 0.263 e. The highest BCUT2D eigenvalue weighted by Gasteiger charge is 2.35. The highest BCUT2D eigenvalue weighted by molar-refractivity contribution is 5.93. The number of ether oxygens (including phenoxy) is 1. The molecule has 1 saturated heterocycles. The molecule has 1 aromatic heterocycles. The van der Waals surface area contributed by atoms with Gasteiger partial charge in [-0.1, -0.05) is 60.2 Å². The van der Waals surface area contributed by atoms with E-state index in [9.17, 15) is 9.59 Å². The van der Waals surface area contributed by atoms with Crippen molar-refractivity contribution in [3.63, 3.8) is 0 Å². The standard InChI is InChI=1S/C26H28N2O3/c1-20-7-5-8-21(17-20)18-28-14-6-11-23(25(28)30)24(29)27-19-26(12-15-31-16-13-26)22-9-3-2-4-10-22/h2-11,14,17H,12-13,15-16,18-19H2,1H3,(H,27,29). The minimum atomic E-state index is -0.328. The monoisotopic (exact) mass is 416 g/mol. The van der Waals surface area contributed by atoms with Crippen LogP contribution in [0.4, 0.5) is 0 Å². The Bertz CT molecular complexity index is 1100. The van der Waals surface area contributed by atoms with E-state index in [4.69, 9.17) is 4.74 Å². The summed E-state index contributed by atoms with van der Waals surface area (Å²) in [7, 11) is 0. The van der Waals surface area contributed by atoms with Gasteiger partial charge in [0.15, 0.2) is 0 Å². The molecule has 3 aromatic rings. The van der Waals surface area contributed by atoms with Gasteiger partial charge in [-0.05, 0) is 43.0 Å². The normalized spacial score (nSPS) is 15.4. The Balaban J connectivity index is 1.52. The Morgan fingerprint density at radius 2 is 1.81 bits per heavy atom. The van der Waals surface area contributed by atoms with Gasteiger partial charge in [0.05, 0.1) is 6.54 Å². The van der Waals surface area contributed by atoms with Crippen molar-refractivity contribution >= 4 is 5.91 Å². The zero-order valence-corrected chi connectivity index (χ0v) is 17.8. The molecule has 1 N–H and O–H groups in total. The summed E-state index contributed by atoms with van der Waals surface area (Å²) in [5.41, 5.74) is 3.09. The van der Waals surface area contributed by atoms with Gasteiger partial charge in [-0.25, -0.2) is 0 Å². The van der Waals surface area contributed by atoms with Gasteiger partial charge in [0.25, 0.3) is 11.5 Å². The molecular weight excluding hydrogens is 388 g/mol. The smallest absolute Gasteiger partial charge is 0.263 e. The molecule has 1 aliphatic heterocycles. The molecular formula is C26H28N2O3. The number of benzene rings is 2. The summed E-state index contributed by atoms with van der Waals surface area (Å²) < 4.78 is 7.16. The highest BCUT2D eigenvalue weighted by atomic mass is 16.5. The van der Waals surface area contributed by atoms with Crippen molar-refractivity contribution < 1.29 is 9.53 Å². The van der Waals surface area contributed by atoms with Crippen LogP contribution in [-0.2, 0) is 16.7 Å². The Labute approximate surface area is 182 Å². The molecule has 1 amide bonds. The second kappa shape index (κ2) is 9.31. The maximum absolute atomic E-state index is 13.0. The molecule has 5 nitrogen and oxygen atoms in total. The Hall–Kier alpha value is -3.18. The molecule has 0 radical (unpaired) electrons. The maximum atomic E-state index is 13.0. The van der Waals surface area contributed by atoms with Gasteiger partial charge in [0, 0.05) is 31.4 Å². The van der Waals surface area contributed by atoms with Crippen molar-refractivity contribution in [3.05, 3.63) is 106 Å². The summed E-state index contributed by atoms with van der Waals surface area (Å²) in [5.74, 6) is -0.328. The number of nitrogens with one attached hydrogen (secondary N) is 1. The molecule has 0 atom stereocenters. The number of pyridine rings is 1. The molecule has 4 rings (SSSR count). The van der Waals surface area contributed by atoms with Crippen LogP contribution in [0.15, 0.2) is 77.7 Å². The SMILES string of the molecule is Cc1cccc(Cn2cccc(C(=O)NCC3(c4ccccc4)CCOCC3)c2=O)c1. The van der Waals surface area contributed by atoms with Crippen LogP contribution < -0.4 is 10.9 Å². The van der Waals surface area contributed by atoms with Crippen molar-refractivity contribution in [2.75, 3.05) is 19.8 Å². The van der Waals surface area contributed by atoms with E-state index < -0.39 is 0 Å². The minimum Gasteiger partial charge on any atom is -0.381 e. The van der Waals surface area contributed by atoms with Gasteiger partial charge in [0.2, 0.25) is 0 Å². The fraction of sp³-hybridized carbons (Fsp3) is 0.308. The van der Waals surface area contributed by atoms with Crippen LogP contribution in [0.5, 0.6) is 0 Å². The predicted molar refractivity (Wildman–Crippen MR) is 121 cm³/mol. The molecule has 0 aliphatic carbocycles. The lowest BCUT2D eigenvalue weighted by molar-refractivity contribution is 0.0487. The van der Waals surface area contributed by atoms with Crippen LogP contribution in [0.25, 0.3) is 0 Å². The number of carbonyl (C=O) groups excluding carboxylic acids is 1. The van der Waals surface area contributed by atoms with Gasteiger partial charge in [-0.3, -0.25) is 9.59 Å². The van der Waals surface area contributed by atoms with E-state index >= 15 is 0 Å². The van der Waals surface area contributed by atoms with Gasteiger partial charge < -0.3 is 14.6 Å². The summed E-state index contributed by atoms with van der Waals surface area (Å²) in [4.78, 5) is 26.0. The number of amides is 1. The van der Waals surface area contributed by atoms with E-state index in [1.807, 2.05) is 49.4 Å². The van der Waals surface area contributed by atoms with Gasteiger partial charge >= 0.3 is 0 Å². The average Bonchev–Trinajstić information content (AvgIpc) is 2.80. The van der Waals surface area contributed by atoms with E-state index in [-0.39, 0.29) is 22.4 Å². The lowest BCUT2D eigenvalue weighted by atomic mass is 9.74. The molecule has 2 aromatic carbocycles. The Morgan fingerprint density at radius 3 is 2.55 bits per heavy atom. The lowest BCUT2D eigenvalue weighted by Gasteiger charge is -2.38. The first-order valence-electron chi connectivity index (χ1n) is 10.7. The van der Waals surface area contributed by atoms with Crippen molar-refractivity contribution in [1.29, 1.82) is 0 Å². The highest BCUT2D eigenvalue weighted by Crippen LogP contribution is 2.34. The van der Waals surface area contributed by atoms with Crippen LogP contribution in [0.1, 0.15) is 39.9 Å². The van der Waals surface area contributed by atoms with Crippen LogP contribution >= 0.6 is 0 Å². The molecule has 31 heavy (non-hydrogen) atoms. The fourth-order valence-electron chi connectivity index (χ4n) is 4.31. The molecule has 0 spiro atoms. The second-order valence-electron chi connectivity index (χ2n) is 8.29. The van der Waals surface area contributed by atoms with Crippen molar-refractivity contribution in [1.82, 2.24) is 9.88 Å². The van der Waals surface area contributed by atoms with Crippen molar-refractivity contribution in [2.24, 2.45) is 0 Å². The second-order valence-corrected chi connectivity index (χ2v) is 8.29. The van der Waals surface area contributed by atoms with Crippen LogP contribution in [0.2, 0.25) is 0 Å². The minimum absolute atomic E-state index is 0.172. The molecule has 160 valence electrons. The quantitative estimate of drug-likeness (QED) is 0.667. The van der Waals surface area contributed by atoms with Crippen LogP contribution in [0, 0.1) is 6.92 Å². The summed E-state index contributed by atoms with van der Waals surface area (Å²) in [6, 6.07) is 21.6. The molecule has 1 fully saturated rings. The number of rotatable bonds is 6. The number of hydrogen-bond donors (Lipinski definition) is 1. The first-order valence-corrected chi connectivity index (χ1v) is 10.7. The number of nitrogens with zero attached hydrogens (tertiary/aromatic N) is 1. The zero-order chi connectivity index (χ0) is 21.7. The van der Waals surface area contributed by atoms with Crippen molar-refractivity contribution in [2.45, 2.75) is 31.7 Å². The Morgan fingerprint density at radius 1 is 1.03 bits per heavy atom. The summed E-state index contributed by atoms with van der Waals surface area (Å²) in [5, 5.41) is 3.04. The molecule has 5 heteroatoms. The molecule has 0 bridgehead atoms. The first kappa shape index (κ1) is 21.1. The zero-order valence-electron chi connectivity index (χ0n) is 17.8. The van der Waals surface area contributed by atoms with E-state index in [0.29, 0.717) is 26.3 Å². The van der Waals surface area contributed by atoms with Crippen molar-refractivity contribution in [3.8, 4) is 0 Å². The topological polar surface area (TPSA) is 60.3 Å². The molecule has 0 unspecified atom stereocenters. The van der Waals surface area contributed by atoms with Crippen LogP contribution in [0.3, 0.4) is 0 Å². The van der Waals surface area contributed by atoms with E-state index in [2.05, 4.69) is 17.4 Å². The van der Waals surface area contributed by atoms with Gasteiger partial charge in [-0.15, -0.1) is 0 Å². The molecule has 0 saturated carbocycles. The largest absolute Gasteiger partial charge is 0.381 e. The first-order chi connectivity index (χ1) is 15.1. The Kier molecular flexibility index (Phi) is 6.33. The van der Waals surface area contributed by atoms with Crippen LogP contribution in [-0.4, -0.2) is 30.2 Å². The lowest BCUT2D eigenvalue weighted by Crippen LogP contribution is -2.45. The molecule has 1 aliphatic rings. The third kappa shape index (κ3) is 4.78. The number of aromatic nitrogens is 1. The summed E-state index contributed by atoms with van der Waals surface area (Å²) in [6.45, 7) is 4.27. The van der Waals surface area contributed by atoms with Gasteiger partial charge in [-0.2, -0.15) is 0 Å². The summed E-state index contributed by atoms with van der Waals surface area (Å²) in [6.07, 6.45) is 3.40. The van der Waals surface area contributed by atoms with Gasteiger partial charge in [0.1, 0.15) is 5.56 Å². The van der Waals surface area contributed by atoms with E-state index in [1.54, 1.807) is 22.9 Å². The third-order valence-electron chi connectivity index (χ3n) is 6.12.